The van der Waals surface area contributed by atoms with Gasteiger partial charge in [0.25, 0.3) is 0 Å². The zero-order valence-corrected chi connectivity index (χ0v) is 14.1. The molecule has 122 valence electrons. The van der Waals surface area contributed by atoms with Crippen LogP contribution in [0.2, 0.25) is 0 Å². The maximum absolute atomic E-state index is 12.2. The van der Waals surface area contributed by atoms with Gasteiger partial charge in [-0.2, -0.15) is 0 Å². The summed E-state index contributed by atoms with van der Waals surface area (Å²) in [5.41, 5.74) is 3.05. The highest BCUT2D eigenvalue weighted by Crippen LogP contribution is 2.20. The number of amides is 1. The average Bonchev–Trinajstić information content (AvgIpc) is 2.55. The largest absolute Gasteiger partial charge is 0.497 e. The van der Waals surface area contributed by atoms with Crippen LogP contribution in [0, 0.1) is 6.92 Å². The molecule has 2 aromatic rings. The number of ether oxygens (including phenoxy) is 2. The molecule has 0 heterocycles. The Labute approximate surface area is 137 Å². The standard InChI is InChI=1S/C19H23NO3/c1-13-11-15(5-10-18(13)23-4)12-19(21)20-14(2)16-6-8-17(22-3)9-7-16/h5-11,14H,12H2,1-4H3,(H,20,21). The third-order valence-electron chi connectivity index (χ3n) is 3.82. The maximum atomic E-state index is 12.2. The van der Waals surface area contributed by atoms with Crippen LogP contribution < -0.4 is 14.8 Å². The van der Waals surface area contributed by atoms with Gasteiger partial charge in [-0.15, -0.1) is 0 Å². The Kier molecular flexibility index (Phi) is 5.63. The molecule has 0 bridgehead atoms. The average molecular weight is 313 g/mol. The number of carbonyl (C=O) groups excluding carboxylic acids is 1. The topological polar surface area (TPSA) is 47.6 Å². The molecule has 4 nitrogen and oxygen atoms in total. The summed E-state index contributed by atoms with van der Waals surface area (Å²) in [6.07, 6.45) is 0.353. The van der Waals surface area contributed by atoms with Crippen LogP contribution in [0.1, 0.15) is 29.7 Å². The Morgan fingerprint density at radius 1 is 1.09 bits per heavy atom. The molecule has 0 fully saturated rings. The van der Waals surface area contributed by atoms with Crippen LogP contribution in [0.15, 0.2) is 42.5 Å². The molecule has 0 aliphatic rings. The van der Waals surface area contributed by atoms with Gasteiger partial charge in [0.15, 0.2) is 0 Å². The van der Waals surface area contributed by atoms with Crippen molar-refractivity contribution in [2.24, 2.45) is 0 Å². The van der Waals surface area contributed by atoms with Gasteiger partial charge in [0, 0.05) is 0 Å². The lowest BCUT2D eigenvalue weighted by molar-refractivity contribution is -0.121. The second-order valence-corrected chi connectivity index (χ2v) is 5.54. The van der Waals surface area contributed by atoms with Crippen LogP contribution in [-0.2, 0) is 11.2 Å². The Hall–Kier alpha value is -2.49. The number of hydrogen-bond donors (Lipinski definition) is 1. The van der Waals surface area contributed by atoms with Gasteiger partial charge in [-0.25, -0.2) is 0 Å². The summed E-state index contributed by atoms with van der Waals surface area (Å²) >= 11 is 0. The number of nitrogens with one attached hydrogen (secondary N) is 1. The van der Waals surface area contributed by atoms with Crippen molar-refractivity contribution in [1.82, 2.24) is 5.32 Å². The first-order valence-electron chi connectivity index (χ1n) is 7.60. The lowest BCUT2D eigenvalue weighted by Gasteiger charge is -2.15. The molecule has 1 N–H and O–H groups in total. The number of rotatable bonds is 6. The van der Waals surface area contributed by atoms with Crippen molar-refractivity contribution in [2.45, 2.75) is 26.3 Å². The van der Waals surface area contributed by atoms with E-state index in [4.69, 9.17) is 9.47 Å². The Morgan fingerprint density at radius 3 is 2.35 bits per heavy atom. The first-order chi connectivity index (χ1) is 11.0. The number of methoxy groups -OCH3 is 2. The van der Waals surface area contributed by atoms with E-state index >= 15 is 0 Å². The molecule has 1 atom stereocenters. The number of carbonyl (C=O) groups is 1. The highest BCUT2D eigenvalue weighted by Gasteiger charge is 2.11. The second kappa shape index (κ2) is 7.68. The summed E-state index contributed by atoms with van der Waals surface area (Å²) in [5.74, 6) is 1.64. The van der Waals surface area contributed by atoms with E-state index < -0.39 is 0 Å². The van der Waals surface area contributed by atoms with Gasteiger partial charge < -0.3 is 14.8 Å². The molecule has 1 unspecified atom stereocenters. The molecule has 0 radical (unpaired) electrons. The SMILES string of the molecule is COc1ccc(C(C)NC(=O)Cc2ccc(OC)c(C)c2)cc1. The van der Waals surface area contributed by atoms with E-state index in [9.17, 15) is 4.79 Å². The Balaban J connectivity index is 1.96. The van der Waals surface area contributed by atoms with Crippen molar-refractivity contribution in [3.8, 4) is 11.5 Å². The van der Waals surface area contributed by atoms with Crippen molar-refractivity contribution >= 4 is 5.91 Å². The minimum absolute atomic E-state index is 0.00196. The molecule has 0 aliphatic heterocycles. The van der Waals surface area contributed by atoms with Crippen molar-refractivity contribution < 1.29 is 14.3 Å². The van der Waals surface area contributed by atoms with Crippen LogP contribution in [0.25, 0.3) is 0 Å². The zero-order valence-electron chi connectivity index (χ0n) is 14.1. The van der Waals surface area contributed by atoms with Gasteiger partial charge in [-0.05, 0) is 48.7 Å². The van der Waals surface area contributed by atoms with E-state index in [0.717, 1.165) is 28.2 Å². The third kappa shape index (κ3) is 4.49. The summed E-state index contributed by atoms with van der Waals surface area (Å²) < 4.78 is 10.4. The molecular weight excluding hydrogens is 290 g/mol. The monoisotopic (exact) mass is 313 g/mol. The molecule has 0 saturated carbocycles. The van der Waals surface area contributed by atoms with E-state index in [1.54, 1.807) is 14.2 Å². The summed E-state index contributed by atoms with van der Waals surface area (Å²) in [5, 5.41) is 3.02. The molecule has 4 heteroatoms. The zero-order chi connectivity index (χ0) is 16.8. The third-order valence-corrected chi connectivity index (χ3v) is 3.82. The first kappa shape index (κ1) is 16.9. The van der Waals surface area contributed by atoms with Gasteiger partial charge >= 0.3 is 0 Å². The molecule has 0 aliphatic carbocycles. The fraction of sp³-hybridized carbons (Fsp3) is 0.316. The van der Waals surface area contributed by atoms with Gasteiger partial charge in [0.2, 0.25) is 5.91 Å². The summed E-state index contributed by atoms with van der Waals surface area (Å²) in [7, 11) is 3.28. The highest BCUT2D eigenvalue weighted by atomic mass is 16.5. The lowest BCUT2D eigenvalue weighted by atomic mass is 10.1. The fourth-order valence-electron chi connectivity index (χ4n) is 2.50. The van der Waals surface area contributed by atoms with Crippen LogP contribution in [0.5, 0.6) is 11.5 Å². The van der Waals surface area contributed by atoms with Crippen molar-refractivity contribution in [3.05, 3.63) is 59.2 Å². The number of hydrogen-bond acceptors (Lipinski definition) is 3. The minimum atomic E-state index is -0.0484. The van der Waals surface area contributed by atoms with Gasteiger partial charge in [-0.1, -0.05) is 24.3 Å². The predicted molar refractivity (Wildman–Crippen MR) is 91.0 cm³/mol. The molecule has 23 heavy (non-hydrogen) atoms. The number of benzene rings is 2. The molecule has 0 saturated heterocycles. The van der Waals surface area contributed by atoms with E-state index in [2.05, 4.69) is 5.32 Å². The van der Waals surface area contributed by atoms with Crippen LogP contribution in [0.4, 0.5) is 0 Å². The molecule has 1 amide bonds. The second-order valence-electron chi connectivity index (χ2n) is 5.54. The molecule has 2 rings (SSSR count). The smallest absolute Gasteiger partial charge is 0.224 e. The minimum Gasteiger partial charge on any atom is -0.497 e. The molecule has 0 aromatic heterocycles. The van der Waals surface area contributed by atoms with Crippen molar-refractivity contribution in [2.75, 3.05) is 14.2 Å². The maximum Gasteiger partial charge on any atom is 0.224 e. The van der Waals surface area contributed by atoms with Crippen LogP contribution >= 0.6 is 0 Å². The fourth-order valence-corrected chi connectivity index (χ4v) is 2.50. The van der Waals surface area contributed by atoms with Gasteiger partial charge in [0.05, 0.1) is 26.7 Å². The van der Waals surface area contributed by atoms with Gasteiger partial charge in [0.1, 0.15) is 11.5 Å². The predicted octanol–water partition coefficient (Wildman–Crippen LogP) is 3.43. The summed E-state index contributed by atoms with van der Waals surface area (Å²) in [4.78, 5) is 12.2. The molecule has 2 aromatic carbocycles. The Morgan fingerprint density at radius 2 is 1.78 bits per heavy atom. The highest BCUT2D eigenvalue weighted by molar-refractivity contribution is 5.79. The van der Waals surface area contributed by atoms with Crippen molar-refractivity contribution in [1.29, 1.82) is 0 Å². The number of aryl methyl sites for hydroxylation is 1. The van der Waals surface area contributed by atoms with E-state index in [1.165, 1.54) is 0 Å². The van der Waals surface area contributed by atoms with Crippen LogP contribution in [-0.4, -0.2) is 20.1 Å². The van der Waals surface area contributed by atoms with E-state index in [1.807, 2.05) is 56.3 Å². The lowest BCUT2D eigenvalue weighted by Crippen LogP contribution is -2.28. The quantitative estimate of drug-likeness (QED) is 0.889. The van der Waals surface area contributed by atoms with Crippen LogP contribution in [0.3, 0.4) is 0 Å². The summed E-state index contributed by atoms with van der Waals surface area (Å²) in [6.45, 7) is 3.94. The van der Waals surface area contributed by atoms with E-state index in [-0.39, 0.29) is 11.9 Å². The normalized spacial score (nSPS) is 11.7. The Bertz CT molecular complexity index is 665. The summed E-state index contributed by atoms with van der Waals surface area (Å²) in [6, 6.07) is 13.5. The molecule has 0 spiro atoms. The molecular formula is C19H23NO3. The van der Waals surface area contributed by atoms with E-state index in [0.29, 0.717) is 6.42 Å². The van der Waals surface area contributed by atoms with Gasteiger partial charge in [-0.3, -0.25) is 4.79 Å². The first-order valence-corrected chi connectivity index (χ1v) is 7.60. The van der Waals surface area contributed by atoms with Crippen molar-refractivity contribution in [3.63, 3.8) is 0 Å².